The molecule has 0 amide bonds. The molecule has 0 aliphatic carbocycles. The van der Waals surface area contributed by atoms with Crippen molar-refractivity contribution in [1.82, 2.24) is 9.97 Å². The molecule has 0 saturated heterocycles. The van der Waals surface area contributed by atoms with E-state index in [-0.39, 0.29) is 23.4 Å². The summed E-state index contributed by atoms with van der Waals surface area (Å²) in [5.74, 6) is -0.0593. The van der Waals surface area contributed by atoms with Crippen LogP contribution in [-0.4, -0.2) is 21.0 Å². The molecule has 0 bridgehead atoms. The Hall–Kier alpha value is -2.70. The van der Waals surface area contributed by atoms with E-state index in [9.17, 15) is 4.39 Å². The molecule has 20 heavy (non-hydrogen) atoms. The van der Waals surface area contributed by atoms with Crippen LogP contribution in [0.5, 0.6) is 11.8 Å². The topological polar surface area (TPSA) is 93.6 Å². The molecular formula is C13H13FN4O2. The van der Waals surface area contributed by atoms with Crippen LogP contribution in [0.15, 0.2) is 29.4 Å². The molecule has 0 atom stereocenters. The van der Waals surface area contributed by atoms with Crippen LogP contribution < -0.4 is 10.5 Å². The quantitative estimate of drug-likeness (QED) is 0.387. The number of aromatic nitrogens is 2. The van der Waals surface area contributed by atoms with E-state index >= 15 is 0 Å². The lowest BCUT2D eigenvalue weighted by molar-refractivity contribution is 0.318. The predicted molar refractivity (Wildman–Crippen MR) is 70.5 cm³/mol. The number of nitrogens with two attached hydrogens (primary N) is 1. The van der Waals surface area contributed by atoms with Gasteiger partial charge in [-0.25, -0.2) is 9.37 Å². The van der Waals surface area contributed by atoms with Crippen molar-refractivity contribution < 1.29 is 14.3 Å². The van der Waals surface area contributed by atoms with Gasteiger partial charge in [-0.15, -0.1) is 0 Å². The number of hydrogen-bond acceptors (Lipinski definition) is 5. The van der Waals surface area contributed by atoms with Gasteiger partial charge in [-0.05, 0) is 43.7 Å². The van der Waals surface area contributed by atoms with Crippen LogP contribution in [0.4, 0.5) is 4.39 Å². The summed E-state index contributed by atoms with van der Waals surface area (Å²) in [6.07, 6.45) is 0. The summed E-state index contributed by atoms with van der Waals surface area (Å²) < 4.78 is 18.5. The van der Waals surface area contributed by atoms with Crippen LogP contribution in [0.3, 0.4) is 0 Å². The monoisotopic (exact) mass is 276 g/mol. The number of oxime groups is 1. The summed E-state index contributed by atoms with van der Waals surface area (Å²) in [5, 5.41) is 11.5. The Morgan fingerprint density at radius 3 is 2.70 bits per heavy atom. The number of rotatable bonds is 3. The molecule has 1 heterocycles. The van der Waals surface area contributed by atoms with E-state index in [2.05, 4.69) is 15.1 Å². The fourth-order valence-electron chi connectivity index (χ4n) is 1.60. The van der Waals surface area contributed by atoms with Gasteiger partial charge in [0.15, 0.2) is 5.84 Å². The average molecular weight is 276 g/mol. The molecule has 0 aliphatic heterocycles. The highest BCUT2D eigenvalue weighted by Gasteiger charge is 2.09. The minimum Gasteiger partial charge on any atom is -0.424 e. The van der Waals surface area contributed by atoms with E-state index < -0.39 is 0 Å². The maximum atomic E-state index is 13.0. The van der Waals surface area contributed by atoms with E-state index in [1.165, 1.54) is 18.2 Å². The minimum atomic E-state index is -0.350. The van der Waals surface area contributed by atoms with Gasteiger partial charge >= 0.3 is 6.01 Å². The van der Waals surface area contributed by atoms with Crippen molar-refractivity contribution in [2.45, 2.75) is 13.8 Å². The highest BCUT2D eigenvalue weighted by atomic mass is 19.1. The lowest BCUT2D eigenvalue weighted by Gasteiger charge is -2.08. The fourth-order valence-corrected chi connectivity index (χ4v) is 1.60. The first-order valence-electron chi connectivity index (χ1n) is 5.77. The SMILES string of the molecule is Cc1cc(/C(N)=N/O)nc(Oc2ccc(F)cc2C)n1. The highest BCUT2D eigenvalue weighted by molar-refractivity contribution is 5.95. The number of aryl methyl sites for hydroxylation is 2. The fraction of sp³-hybridized carbons (Fsp3) is 0.154. The molecule has 2 rings (SSSR count). The lowest BCUT2D eigenvalue weighted by Crippen LogP contribution is -2.16. The Labute approximate surface area is 114 Å². The third-order valence-electron chi connectivity index (χ3n) is 2.54. The van der Waals surface area contributed by atoms with Gasteiger partial charge in [0.1, 0.15) is 17.3 Å². The second-order valence-corrected chi connectivity index (χ2v) is 4.17. The van der Waals surface area contributed by atoms with E-state index in [1.807, 2.05) is 0 Å². The van der Waals surface area contributed by atoms with Crippen LogP contribution in [-0.2, 0) is 0 Å². The largest absolute Gasteiger partial charge is 0.424 e. The van der Waals surface area contributed by atoms with Crippen molar-refractivity contribution in [2.24, 2.45) is 10.9 Å². The van der Waals surface area contributed by atoms with Crippen molar-refractivity contribution >= 4 is 5.84 Å². The Morgan fingerprint density at radius 1 is 1.30 bits per heavy atom. The third kappa shape index (κ3) is 3.00. The Morgan fingerprint density at radius 2 is 2.05 bits per heavy atom. The zero-order valence-corrected chi connectivity index (χ0v) is 11.0. The van der Waals surface area contributed by atoms with Gasteiger partial charge in [-0.2, -0.15) is 4.98 Å². The van der Waals surface area contributed by atoms with Crippen molar-refractivity contribution in [3.8, 4) is 11.8 Å². The van der Waals surface area contributed by atoms with Crippen molar-refractivity contribution in [2.75, 3.05) is 0 Å². The molecule has 0 unspecified atom stereocenters. The van der Waals surface area contributed by atoms with E-state index in [0.29, 0.717) is 17.0 Å². The highest BCUT2D eigenvalue weighted by Crippen LogP contribution is 2.23. The number of ether oxygens (including phenoxy) is 1. The zero-order valence-electron chi connectivity index (χ0n) is 11.0. The van der Waals surface area contributed by atoms with Gasteiger partial charge in [0.25, 0.3) is 0 Å². The first-order valence-corrected chi connectivity index (χ1v) is 5.77. The average Bonchev–Trinajstić information content (AvgIpc) is 2.40. The summed E-state index contributed by atoms with van der Waals surface area (Å²) in [5.41, 5.74) is 6.93. The van der Waals surface area contributed by atoms with Crippen molar-refractivity contribution in [3.63, 3.8) is 0 Å². The van der Waals surface area contributed by atoms with Gasteiger partial charge in [0.2, 0.25) is 0 Å². The predicted octanol–water partition coefficient (Wildman–Crippen LogP) is 2.12. The molecule has 0 aliphatic rings. The Kier molecular flexibility index (Phi) is 3.79. The lowest BCUT2D eigenvalue weighted by atomic mass is 10.2. The summed E-state index contributed by atoms with van der Waals surface area (Å²) in [6, 6.07) is 5.71. The Bertz CT molecular complexity index is 673. The van der Waals surface area contributed by atoms with Crippen LogP contribution >= 0.6 is 0 Å². The minimum absolute atomic E-state index is 0.0429. The van der Waals surface area contributed by atoms with Crippen molar-refractivity contribution in [1.29, 1.82) is 0 Å². The molecule has 3 N–H and O–H groups in total. The standard InChI is InChI=1S/C13H13FN4O2/c1-7-5-9(14)3-4-11(7)20-13-16-8(2)6-10(17-13)12(15)18-19/h3-6,19H,1-2H3,(H2,15,18). The second-order valence-electron chi connectivity index (χ2n) is 4.17. The molecule has 1 aromatic carbocycles. The van der Waals surface area contributed by atoms with Gasteiger partial charge < -0.3 is 15.7 Å². The Balaban J connectivity index is 2.36. The number of hydrogen-bond donors (Lipinski definition) is 2. The van der Waals surface area contributed by atoms with Crippen LogP contribution in [0, 0.1) is 19.7 Å². The normalized spacial score (nSPS) is 11.4. The number of nitrogens with zero attached hydrogens (tertiary/aromatic N) is 3. The molecule has 7 heteroatoms. The van der Waals surface area contributed by atoms with Gasteiger partial charge in [0, 0.05) is 5.69 Å². The molecule has 2 aromatic rings. The maximum Gasteiger partial charge on any atom is 0.322 e. The molecular weight excluding hydrogens is 263 g/mol. The first-order chi connectivity index (χ1) is 9.49. The summed E-state index contributed by atoms with van der Waals surface area (Å²) >= 11 is 0. The maximum absolute atomic E-state index is 13.0. The summed E-state index contributed by atoms with van der Waals surface area (Å²) in [6.45, 7) is 3.43. The smallest absolute Gasteiger partial charge is 0.322 e. The first kappa shape index (κ1) is 13.7. The molecule has 0 radical (unpaired) electrons. The third-order valence-corrected chi connectivity index (χ3v) is 2.54. The van der Waals surface area contributed by atoms with E-state index in [1.54, 1.807) is 19.9 Å². The number of halogens is 1. The van der Waals surface area contributed by atoms with Crippen LogP contribution in [0.1, 0.15) is 17.0 Å². The van der Waals surface area contributed by atoms with Crippen molar-refractivity contribution in [3.05, 3.63) is 47.0 Å². The van der Waals surface area contributed by atoms with Gasteiger partial charge in [-0.3, -0.25) is 0 Å². The summed E-state index contributed by atoms with van der Waals surface area (Å²) in [7, 11) is 0. The molecule has 0 spiro atoms. The van der Waals surface area contributed by atoms with Gasteiger partial charge in [-0.1, -0.05) is 5.16 Å². The van der Waals surface area contributed by atoms with E-state index in [0.717, 1.165) is 0 Å². The molecule has 0 saturated carbocycles. The molecule has 1 aromatic heterocycles. The molecule has 6 nitrogen and oxygen atoms in total. The molecule has 0 fully saturated rings. The van der Waals surface area contributed by atoms with Crippen LogP contribution in [0.25, 0.3) is 0 Å². The van der Waals surface area contributed by atoms with Gasteiger partial charge in [0.05, 0.1) is 0 Å². The molecule has 104 valence electrons. The second kappa shape index (κ2) is 5.52. The van der Waals surface area contributed by atoms with E-state index in [4.69, 9.17) is 15.7 Å². The van der Waals surface area contributed by atoms with Crippen LogP contribution in [0.2, 0.25) is 0 Å². The number of amidine groups is 1. The summed E-state index contributed by atoms with van der Waals surface area (Å²) in [4.78, 5) is 8.11. The number of benzene rings is 1. The zero-order chi connectivity index (χ0) is 14.7.